The van der Waals surface area contributed by atoms with Gasteiger partial charge in [-0.05, 0) is 29.8 Å². The average molecular weight is 363 g/mol. The minimum Gasteiger partial charge on any atom is -0.402 e. The van der Waals surface area contributed by atoms with Crippen LogP contribution in [-0.2, 0) is 9.53 Å². The molecule has 1 heterocycles. The maximum Gasteiger partial charge on any atom is 0.363 e. The summed E-state index contributed by atoms with van der Waals surface area (Å²) in [6.07, 6.45) is 1.41. The lowest BCUT2D eigenvalue weighted by Gasteiger charge is -2.02. The van der Waals surface area contributed by atoms with E-state index < -0.39 is 10.9 Å². The number of carbonyl (C=O) groups excluding carboxylic acids is 1. The van der Waals surface area contributed by atoms with E-state index in [1.54, 1.807) is 18.2 Å². The SMILES string of the molecule is O=C1OC(c2ccc(Cl)cc2Cl)=N/C1=C/c1cccc([N+](=O)[O-])c1. The van der Waals surface area contributed by atoms with E-state index in [2.05, 4.69) is 4.99 Å². The molecule has 0 aromatic heterocycles. The first-order chi connectivity index (χ1) is 11.4. The summed E-state index contributed by atoms with van der Waals surface area (Å²) in [5.41, 5.74) is 0.831. The molecule has 0 aliphatic carbocycles. The van der Waals surface area contributed by atoms with E-state index in [0.717, 1.165) is 0 Å². The van der Waals surface area contributed by atoms with Crippen LogP contribution in [0.5, 0.6) is 0 Å². The van der Waals surface area contributed by atoms with Crippen molar-refractivity contribution < 1.29 is 14.5 Å². The largest absolute Gasteiger partial charge is 0.402 e. The fourth-order valence-corrected chi connectivity index (χ4v) is 2.56. The molecule has 3 rings (SSSR count). The molecular weight excluding hydrogens is 355 g/mol. The minimum atomic E-state index is -0.664. The Hall–Kier alpha value is -2.70. The number of cyclic esters (lactones) is 1. The molecule has 0 fully saturated rings. The smallest absolute Gasteiger partial charge is 0.363 e. The van der Waals surface area contributed by atoms with Gasteiger partial charge in [0.15, 0.2) is 5.70 Å². The van der Waals surface area contributed by atoms with Crippen LogP contribution in [0.15, 0.2) is 53.2 Å². The third-order valence-electron chi connectivity index (χ3n) is 3.17. The number of benzene rings is 2. The fourth-order valence-electron chi connectivity index (χ4n) is 2.07. The number of halogens is 2. The van der Waals surface area contributed by atoms with Gasteiger partial charge in [0.1, 0.15) is 0 Å². The van der Waals surface area contributed by atoms with Gasteiger partial charge in [-0.25, -0.2) is 9.79 Å². The molecule has 1 aliphatic rings. The molecule has 0 N–H and O–H groups in total. The summed E-state index contributed by atoms with van der Waals surface area (Å²) < 4.78 is 5.11. The maximum absolute atomic E-state index is 12.0. The molecule has 0 spiro atoms. The van der Waals surface area contributed by atoms with E-state index in [0.29, 0.717) is 21.2 Å². The molecule has 2 aromatic carbocycles. The highest BCUT2D eigenvalue weighted by atomic mass is 35.5. The van der Waals surface area contributed by atoms with E-state index in [9.17, 15) is 14.9 Å². The zero-order valence-electron chi connectivity index (χ0n) is 11.9. The monoisotopic (exact) mass is 362 g/mol. The Morgan fingerprint density at radius 3 is 2.67 bits per heavy atom. The number of ether oxygens (including phenoxy) is 1. The number of non-ortho nitro benzene ring substituents is 1. The summed E-state index contributed by atoms with van der Waals surface area (Å²) in [6, 6.07) is 10.5. The predicted octanol–water partition coefficient (Wildman–Crippen LogP) is 4.25. The highest BCUT2D eigenvalue weighted by Gasteiger charge is 2.25. The number of esters is 1. The Kier molecular flexibility index (Phi) is 4.33. The van der Waals surface area contributed by atoms with Crippen molar-refractivity contribution >= 4 is 46.8 Å². The molecule has 0 saturated heterocycles. The Bertz CT molecular complexity index is 922. The Balaban J connectivity index is 1.97. The molecule has 0 saturated carbocycles. The summed E-state index contributed by atoms with van der Waals surface area (Å²) >= 11 is 11.9. The molecule has 24 heavy (non-hydrogen) atoms. The highest BCUT2D eigenvalue weighted by Crippen LogP contribution is 2.26. The average Bonchev–Trinajstić information content (AvgIpc) is 2.88. The van der Waals surface area contributed by atoms with Gasteiger partial charge in [-0.15, -0.1) is 0 Å². The summed E-state index contributed by atoms with van der Waals surface area (Å²) in [5, 5.41) is 11.5. The van der Waals surface area contributed by atoms with Crippen LogP contribution in [0.4, 0.5) is 5.69 Å². The minimum absolute atomic E-state index is 0.0246. The molecule has 6 nitrogen and oxygen atoms in total. The molecule has 0 unspecified atom stereocenters. The number of carbonyl (C=O) groups is 1. The molecular formula is C16H8Cl2N2O4. The third kappa shape index (κ3) is 3.29. The van der Waals surface area contributed by atoms with Crippen molar-refractivity contribution in [1.82, 2.24) is 0 Å². The van der Waals surface area contributed by atoms with Gasteiger partial charge in [-0.1, -0.05) is 35.3 Å². The first-order valence-corrected chi connectivity index (χ1v) is 7.42. The van der Waals surface area contributed by atoms with Crippen LogP contribution < -0.4 is 0 Å². The Morgan fingerprint density at radius 1 is 1.17 bits per heavy atom. The van der Waals surface area contributed by atoms with E-state index in [4.69, 9.17) is 27.9 Å². The van der Waals surface area contributed by atoms with Crippen LogP contribution in [0.2, 0.25) is 10.0 Å². The van der Waals surface area contributed by atoms with E-state index >= 15 is 0 Å². The van der Waals surface area contributed by atoms with Crippen LogP contribution >= 0.6 is 23.2 Å². The van der Waals surface area contributed by atoms with Crippen LogP contribution in [0.3, 0.4) is 0 Å². The van der Waals surface area contributed by atoms with E-state index in [-0.39, 0.29) is 17.3 Å². The number of nitro benzene ring substituents is 1. The summed E-state index contributed by atoms with van der Waals surface area (Å²) in [5.74, 6) is -0.610. The molecule has 0 amide bonds. The van der Waals surface area contributed by atoms with Gasteiger partial charge in [0, 0.05) is 17.2 Å². The van der Waals surface area contributed by atoms with Gasteiger partial charge in [0.25, 0.3) is 5.69 Å². The van der Waals surface area contributed by atoms with Gasteiger partial charge >= 0.3 is 5.97 Å². The summed E-state index contributed by atoms with van der Waals surface area (Å²) in [7, 11) is 0. The van der Waals surface area contributed by atoms with Crippen molar-refractivity contribution in [3.8, 4) is 0 Å². The summed E-state index contributed by atoms with van der Waals surface area (Å²) in [6.45, 7) is 0. The number of nitro groups is 1. The number of hydrogen-bond donors (Lipinski definition) is 0. The van der Waals surface area contributed by atoms with Gasteiger partial charge in [-0.2, -0.15) is 0 Å². The second-order valence-electron chi connectivity index (χ2n) is 4.81. The Morgan fingerprint density at radius 2 is 1.96 bits per heavy atom. The van der Waals surface area contributed by atoms with Gasteiger partial charge < -0.3 is 4.74 Å². The van der Waals surface area contributed by atoms with Crippen molar-refractivity contribution in [1.29, 1.82) is 0 Å². The van der Waals surface area contributed by atoms with Crippen molar-refractivity contribution in [3.05, 3.63) is 79.4 Å². The quantitative estimate of drug-likeness (QED) is 0.353. The fraction of sp³-hybridized carbons (Fsp3) is 0. The highest BCUT2D eigenvalue weighted by molar-refractivity contribution is 6.37. The number of rotatable bonds is 3. The molecule has 1 aliphatic heterocycles. The molecule has 2 aromatic rings. The van der Waals surface area contributed by atoms with Gasteiger partial charge in [0.2, 0.25) is 5.90 Å². The van der Waals surface area contributed by atoms with Crippen LogP contribution in [0, 0.1) is 10.1 Å². The van der Waals surface area contributed by atoms with Crippen molar-refractivity contribution in [2.24, 2.45) is 4.99 Å². The lowest BCUT2D eigenvalue weighted by Crippen LogP contribution is -2.05. The third-order valence-corrected chi connectivity index (χ3v) is 3.71. The number of aliphatic imine (C=N–C) groups is 1. The lowest BCUT2D eigenvalue weighted by atomic mass is 10.1. The molecule has 0 bridgehead atoms. The molecule has 120 valence electrons. The molecule has 0 atom stereocenters. The van der Waals surface area contributed by atoms with Crippen LogP contribution in [0.1, 0.15) is 11.1 Å². The topological polar surface area (TPSA) is 81.8 Å². The maximum atomic E-state index is 12.0. The number of hydrogen-bond acceptors (Lipinski definition) is 5. The standard InChI is InChI=1S/C16H8Cl2N2O4/c17-10-4-5-12(13(18)8-10)15-19-14(16(21)24-15)7-9-2-1-3-11(6-9)20(22)23/h1-8H/b14-7+. The normalized spacial score (nSPS) is 15.3. The van der Waals surface area contributed by atoms with Crippen LogP contribution in [0.25, 0.3) is 6.08 Å². The van der Waals surface area contributed by atoms with Crippen molar-refractivity contribution in [2.45, 2.75) is 0 Å². The second-order valence-corrected chi connectivity index (χ2v) is 5.66. The van der Waals surface area contributed by atoms with Gasteiger partial charge in [0.05, 0.1) is 15.5 Å². The Labute approximate surface area is 146 Å². The first kappa shape index (κ1) is 16.2. The first-order valence-electron chi connectivity index (χ1n) is 6.66. The zero-order valence-corrected chi connectivity index (χ0v) is 13.4. The van der Waals surface area contributed by atoms with E-state index in [1.807, 2.05) is 0 Å². The number of nitrogens with zero attached hydrogens (tertiary/aromatic N) is 2. The molecule has 8 heteroatoms. The van der Waals surface area contributed by atoms with Crippen LogP contribution in [-0.4, -0.2) is 16.8 Å². The van der Waals surface area contributed by atoms with Gasteiger partial charge in [-0.3, -0.25) is 10.1 Å². The van der Waals surface area contributed by atoms with Crippen molar-refractivity contribution in [2.75, 3.05) is 0 Å². The van der Waals surface area contributed by atoms with Crippen molar-refractivity contribution in [3.63, 3.8) is 0 Å². The summed E-state index contributed by atoms with van der Waals surface area (Å²) in [4.78, 5) is 26.3. The van der Waals surface area contributed by atoms with E-state index in [1.165, 1.54) is 30.3 Å². The second kappa shape index (κ2) is 6.43. The predicted molar refractivity (Wildman–Crippen MR) is 90.2 cm³/mol. The zero-order chi connectivity index (χ0) is 17.3. The molecule has 0 radical (unpaired) electrons. The lowest BCUT2D eigenvalue weighted by molar-refractivity contribution is -0.384.